The normalized spacial score (nSPS) is 10.5. The maximum absolute atomic E-state index is 12.4. The van der Waals surface area contributed by atoms with Crippen LogP contribution in [0.1, 0.15) is 17.5 Å². The molecule has 0 bridgehead atoms. The van der Waals surface area contributed by atoms with Gasteiger partial charge in [-0.1, -0.05) is 29.8 Å². The number of amides is 1. The third-order valence-electron chi connectivity index (χ3n) is 4.31. The third-order valence-corrected chi connectivity index (χ3v) is 4.68. The van der Waals surface area contributed by atoms with Crippen LogP contribution in [0.5, 0.6) is 11.5 Å². The first kappa shape index (κ1) is 19.8. The zero-order valence-electron chi connectivity index (χ0n) is 15.8. The highest BCUT2D eigenvalue weighted by Gasteiger charge is 2.10. The van der Waals surface area contributed by atoms with Crippen molar-refractivity contribution < 1.29 is 14.3 Å². The van der Waals surface area contributed by atoms with E-state index in [2.05, 4.69) is 10.4 Å². The van der Waals surface area contributed by atoms with E-state index in [4.69, 9.17) is 21.1 Å². The summed E-state index contributed by atoms with van der Waals surface area (Å²) in [6, 6.07) is 14.9. The van der Waals surface area contributed by atoms with Gasteiger partial charge >= 0.3 is 0 Å². The van der Waals surface area contributed by atoms with Gasteiger partial charge in [0.05, 0.1) is 27.0 Å². The molecule has 3 aromatic rings. The first-order valence-corrected chi connectivity index (χ1v) is 9.24. The minimum Gasteiger partial charge on any atom is -0.497 e. The molecule has 0 aliphatic rings. The molecule has 2 aromatic carbocycles. The summed E-state index contributed by atoms with van der Waals surface area (Å²) >= 11 is 6.22. The van der Waals surface area contributed by atoms with Crippen molar-refractivity contribution in [2.24, 2.45) is 0 Å². The van der Waals surface area contributed by atoms with Crippen LogP contribution in [0, 0.1) is 0 Å². The van der Waals surface area contributed by atoms with Gasteiger partial charge < -0.3 is 14.8 Å². The maximum Gasteiger partial charge on any atom is 0.225 e. The van der Waals surface area contributed by atoms with E-state index in [0.717, 1.165) is 11.1 Å². The van der Waals surface area contributed by atoms with Gasteiger partial charge in [-0.25, -0.2) is 4.68 Å². The Morgan fingerprint density at radius 3 is 2.50 bits per heavy atom. The molecular weight excluding hydrogens is 378 g/mol. The van der Waals surface area contributed by atoms with Crippen molar-refractivity contribution in [2.75, 3.05) is 19.5 Å². The predicted octanol–water partition coefficient (Wildman–Crippen LogP) is 4.17. The number of aryl methyl sites for hydroxylation is 1. The van der Waals surface area contributed by atoms with Gasteiger partial charge in [0.25, 0.3) is 0 Å². The average molecular weight is 400 g/mol. The number of nitrogens with zero attached hydrogens (tertiary/aromatic N) is 2. The van der Waals surface area contributed by atoms with E-state index in [-0.39, 0.29) is 5.91 Å². The lowest BCUT2D eigenvalue weighted by Crippen LogP contribution is -2.16. The quantitative estimate of drug-likeness (QED) is 0.617. The second kappa shape index (κ2) is 9.28. The van der Waals surface area contributed by atoms with Crippen LogP contribution in [-0.2, 0) is 17.8 Å². The number of anilines is 1. The van der Waals surface area contributed by atoms with E-state index in [1.807, 2.05) is 36.4 Å². The summed E-state index contributed by atoms with van der Waals surface area (Å²) in [5.41, 5.74) is 1.91. The van der Waals surface area contributed by atoms with Crippen molar-refractivity contribution in [1.29, 1.82) is 0 Å². The molecule has 0 saturated heterocycles. The Balaban J connectivity index is 1.62. The van der Waals surface area contributed by atoms with E-state index in [1.54, 1.807) is 37.2 Å². The number of carbonyl (C=O) groups is 1. The smallest absolute Gasteiger partial charge is 0.225 e. The van der Waals surface area contributed by atoms with Crippen molar-refractivity contribution in [3.05, 3.63) is 70.9 Å². The first-order chi connectivity index (χ1) is 13.6. The van der Waals surface area contributed by atoms with Crippen LogP contribution in [0.25, 0.3) is 0 Å². The molecule has 7 heteroatoms. The molecule has 1 N–H and O–H groups in total. The van der Waals surface area contributed by atoms with Crippen molar-refractivity contribution in [2.45, 2.75) is 19.4 Å². The molecule has 146 valence electrons. The molecule has 1 amide bonds. The van der Waals surface area contributed by atoms with Crippen molar-refractivity contribution in [1.82, 2.24) is 9.78 Å². The second-order valence-electron chi connectivity index (χ2n) is 6.23. The molecule has 0 aliphatic heterocycles. The molecular formula is C21H22ClN3O3. The number of hydrogen-bond acceptors (Lipinski definition) is 4. The molecule has 1 heterocycles. The second-order valence-corrected chi connectivity index (χ2v) is 6.64. The fourth-order valence-electron chi connectivity index (χ4n) is 2.83. The van der Waals surface area contributed by atoms with Gasteiger partial charge in [0.15, 0.2) is 0 Å². The molecule has 0 aliphatic carbocycles. The molecule has 6 nitrogen and oxygen atoms in total. The lowest BCUT2D eigenvalue weighted by atomic mass is 10.1. The molecule has 1 aromatic heterocycles. The van der Waals surface area contributed by atoms with Crippen molar-refractivity contribution in [3.8, 4) is 11.5 Å². The highest BCUT2D eigenvalue weighted by Crippen LogP contribution is 2.23. The molecule has 0 fully saturated rings. The molecule has 3 rings (SSSR count). The van der Waals surface area contributed by atoms with Gasteiger partial charge in [-0.3, -0.25) is 4.79 Å². The monoisotopic (exact) mass is 399 g/mol. The molecule has 0 unspecified atom stereocenters. The summed E-state index contributed by atoms with van der Waals surface area (Å²) in [7, 11) is 3.21. The number of rotatable bonds is 8. The number of hydrogen-bond donors (Lipinski definition) is 1. The summed E-state index contributed by atoms with van der Waals surface area (Å²) in [6.45, 7) is 0.482. The van der Waals surface area contributed by atoms with Crippen molar-refractivity contribution >= 4 is 23.3 Å². The van der Waals surface area contributed by atoms with Gasteiger partial charge in [-0.15, -0.1) is 0 Å². The largest absolute Gasteiger partial charge is 0.497 e. The summed E-state index contributed by atoms with van der Waals surface area (Å²) in [5, 5.41) is 7.86. The van der Waals surface area contributed by atoms with Crippen LogP contribution >= 0.6 is 11.6 Å². The van der Waals surface area contributed by atoms with Crippen molar-refractivity contribution in [3.63, 3.8) is 0 Å². The Bertz CT molecular complexity index is 933. The molecule has 0 atom stereocenters. The molecule has 0 radical (unpaired) electrons. The summed E-state index contributed by atoms with van der Waals surface area (Å²) in [5.74, 6) is 1.94. The molecule has 0 spiro atoms. The number of nitrogens with one attached hydrogen (secondary N) is 1. The van der Waals surface area contributed by atoms with Gasteiger partial charge in [0, 0.05) is 23.6 Å². The van der Waals surface area contributed by atoms with Crippen LogP contribution in [-0.4, -0.2) is 29.9 Å². The highest BCUT2D eigenvalue weighted by atomic mass is 35.5. The van der Waals surface area contributed by atoms with Crippen LogP contribution < -0.4 is 14.8 Å². The standard InChI is InChI=1S/C21H22ClN3O3/c1-27-17-11-15(12-18(13-17)28-2)7-8-21(26)24-20-9-10-23-25(20)14-16-5-3-4-6-19(16)22/h3-6,9-13H,7-8,14H2,1-2H3,(H,24,26). The van der Waals surface area contributed by atoms with Gasteiger partial charge in [-0.05, 0) is 35.7 Å². The van der Waals surface area contributed by atoms with Gasteiger partial charge in [-0.2, -0.15) is 5.10 Å². The molecule has 28 heavy (non-hydrogen) atoms. The first-order valence-electron chi connectivity index (χ1n) is 8.86. The number of benzene rings is 2. The van der Waals surface area contributed by atoms with Gasteiger partial charge in [0.2, 0.25) is 5.91 Å². The Hall–Kier alpha value is -2.99. The fourth-order valence-corrected chi connectivity index (χ4v) is 3.02. The van der Waals surface area contributed by atoms with Crippen LogP contribution in [0.4, 0.5) is 5.82 Å². The number of ether oxygens (including phenoxy) is 2. The minimum atomic E-state index is -0.0947. The summed E-state index contributed by atoms with van der Waals surface area (Å²) in [6.07, 6.45) is 2.55. The Morgan fingerprint density at radius 2 is 1.82 bits per heavy atom. The zero-order valence-corrected chi connectivity index (χ0v) is 16.6. The highest BCUT2D eigenvalue weighted by molar-refractivity contribution is 6.31. The maximum atomic E-state index is 12.4. The van der Waals surface area contributed by atoms with Crippen LogP contribution in [0.3, 0.4) is 0 Å². The predicted molar refractivity (Wildman–Crippen MR) is 109 cm³/mol. The Labute approximate surface area is 169 Å². The van der Waals surface area contributed by atoms with E-state index in [0.29, 0.717) is 41.7 Å². The topological polar surface area (TPSA) is 65.4 Å². The van der Waals surface area contributed by atoms with Gasteiger partial charge in [0.1, 0.15) is 17.3 Å². The summed E-state index contributed by atoms with van der Waals surface area (Å²) < 4.78 is 12.3. The van der Waals surface area contributed by atoms with E-state index >= 15 is 0 Å². The van der Waals surface area contributed by atoms with E-state index in [1.165, 1.54) is 0 Å². The molecule has 0 saturated carbocycles. The number of aromatic nitrogens is 2. The van der Waals surface area contributed by atoms with Crippen LogP contribution in [0.15, 0.2) is 54.7 Å². The lowest BCUT2D eigenvalue weighted by molar-refractivity contribution is -0.116. The van der Waals surface area contributed by atoms with Crippen LogP contribution in [0.2, 0.25) is 5.02 Å². The SMILES string of the molecule is COc1cc(CCC(=O)Nc2ccnn2Cc2ccccc2Cl)cc(OC)c1. The number of carbonyl (C=O) groups excluding carboxylic acids is 1. The third kappa shape index (κ3) is 5.04. The van der Waals surface area contributed by atoms with E-state index in [9.17, 15) is 4.79 Å². The Kier molecular flexibility index (Phi) is 6.55. The zero-order chi connectivity index (χ0) is 19.9. The summed E-state index contributed by atoms with van der Waals surface area (Å²) in [4.78, 5) is 12.4. The Morgan fingerprint density at radius 1 is 1.11 bits per heavy atom. The average Bonchev–Trinajstić information content (AvgIpc) is 3.14. The number of halogens is 1. The lowest BCUT2D eigenvalue weighted by Gasteiger charge is -2.11. The minimum absolute atomic E-state index is 0.0947. The number of methoxy groups -OCH3 is 2. The fraction of sp³-hybridized carbons (Fsp3) is 0.238. The van der Waals surface area contributed by atoms with E-state index < -0.39 is 0 Å².